The van der Waals surface area contributed by atoms with Crippen molar-refractivity contribution in [2.45, 2.75) is 44.1 Å². The molecule has 4 nitrogen and oxygen atoms in total. The van der Waals surface area contributed by atoms with Gasteiger partial charge in [0.05, 0.1) is 11.5 Å². The zero-order chi connectivity index (χ0) is 21.4. The van der Waals surface area contributed by atoms with Gasteiger partial charge in [0.1, 0.15) is 5.82 Å². The molecule has 1 saturated carbocycles. The largest absolute Gasteiger partial charge is 0.338 e. The number of nitrogens with zero attached hydrogens (tertiary/aromatic N) is 2. The fourth-order valence-corrected chi connectivity index (χ4v) is 6.00. The summed E-state index contributed by atoms with van der Waals surface area (Å²) in [6.07, 6.45) is 6.23. The minimum Gasteiger partial charge on any atom is -0.338 e. The van der Waals surface area contributed by atoms with Crippen LogP contribution in [0.25, 0.3) is 0 Å². The van der Waals surface area contributed by atoms with Crippen LogP contribution in [0.15, 0.2) is 54.6 Å². The molecule has 2 aliphatic heterocycles. The average Bonchev–Trinajstić information content (AvgIpc) is 2.80. The summed E-state index contributed by atoms with van der Waals surface area (Å²) in [5, 5.41) is 0. The number of rotatable bonds is 3. The highest BCUT2D eigenvalue weighted by atomic mass is 19.1. The molecular weight excluding hydrogens is 391 g/mol. The smallest absolute Gasteiger partial charge is 0.253 e. The number of carbonyl (C=O) groups is 2. The number of amides is 2. The summed E-state index contributed by atoms with van der Waals surface area (Å²) in [7, 11) is 0. The number of fused-ring (bicyclic) bond motifs is 1. The van der Waals surface area contributed by atoms with Gasteiger partial charge >= 0.3 is 0 Å². The molecule has 0 aromatic heterocycles. The molecule has 3 fully saturated rings. The minimum absolute atomic E-state index is 0.116. The molecule has 3 atom stereocenters. The molecule has 0 unspecified atom stereocenters. The SMILES string of the molecule is O=C(c1ccc(F)cc1)N1CCC[C@H](C(=O)N2C[C@H]3CCCC[C@]32c2ccccc2)C1. The Kier molecular flexibility index (Phi) is 5.28. The van der Waals surface area contributed by atoms with Gasteiger partial charge in [0.25, 0.3) is 5.91 Å². The van der Waals surface area contributed by atoms with Crippen molar-refractivity contribution in [3.05, 3.63) is 71.5 Å². The second-order valence-corrected chi connectivity index (χ2v) is 9.28. The van der Waals surface area contributed by atoms with Crippen molar-refractivity contribution in [1.82, 2.24) is 9.80 Å². The molecule has 2 aromatic carbocycles. The number of halogens is 1. The quantitative estimate of drug-likeness (QED) is 0.728. The van der Waals surface area contributed by atoms with Gasteiger partial charge in [-0.3, -0.25) is 9.59 Å². The Morgan fingerprint density at radius 3 is 2.42 bits per heavy atom. The average molecular weight is 421 g/mol. The van der Waals surface area contributed by atoms with E-state index in [1.54, 1.807) is 4.90 Å². The van der Waals surface area contributed by atoms with Gasteiger partial charge in [0.2, 0.25) is 5.91 Å². The van der Waals surface area contributed by atoms with Crippen LogP contribution in [0.3, 0.4) is 0 Å². The summed E-state index contributed by atoms with van der Waals surface area (Å²) in [4.78, 5) is 30.5. The summed E-state index contributed by atoms with van der Waals surface area (Å²) in [5.74, 6) is 0.0945. The van der Waals surface area contributed by atoms with Gasteiger partial charge in [0, 0.05) is 31.1 Å². The van der Waals surface area contributed by atoms with Crippen LogP contribution in [0.4, 0.5) is 4.39 Å². The summed E-state index contributed by atoms with van der Waals surface area (Å²) < 4.78 is 13.2. The third-order valence-corrected chi connectivity index (χ3v) is 7.61. The van der Waals surface area contributed by atoms with E-state index in [9.17, 15) is 14.0 Å². The number of piperidine rings is 1. The van der Waals surface area contributed by atoms with Gasteiger partial charge in [-0.25, -0.2) is 4.39 Å². The van der Waals surface area contributed by atoms with Crippen molar-refractivity contribution in [2.24, 2.45) is 11.8 Å². The predicted octanol–water partition coefficient (Wildman–Crippen LogP) is 4.61. The van der Waals surface area contributed by atoms with Crippen LogP contribution in [-0.4, -0.2) is 41.2 Å². The Morgan fingerprint density at radius 2 is 1.68 bits per heavy atom. The molecule has 1 aliphatic carbocycles. The number of hydrogen-bond donors (Lipinski definition) is 0. The van der Waals surface area contributed by atoms with Crippen LogP contribution in [0, 0.1) is 17.7 Å². The van der Waals surface area contributed by atoms with Crippen LogP contribution in [0.2, 0.25) is 0 Å². The molecule has 2 heterocycles. The van der Waals surface area contributed by atoms with Gasteiger partial charge in [-0.2, -0.15) is 0 Å². The lowest BCUT2D eigenvalue weighted by Crippen LogP contribution is -2.69. The lowest BCUT2D eigenvalue weighted by molar-refractivity contribution is -0.172. The van der Waals surface area contributed by atoms with E-state index >= 15 is 0 Å². The summed E-state index contributed by atoms with van der Waals surface area (Å²) in [5.41, 5.74) is 1.57. The van der Waals surface area contributed by atoms with E-state index in [-0.39, 0.29) is 29.1 Å². The first-order chi connectivity index (χ1) is 15.1. The molecule has 0 N–H and O–H groups in total. The predicted molar refractivity (Wildman–Crippen MR) is 117 cm³/mol. The number of benzene rings is 2. The molecule has 31 heavy (non-hydrogen) atoms. The lowest BCUT2D eigenvalue weighted by atomic mass is 9.61. The second-order valence-electron chi connectivity index (χ2n) is 9.28. The van der Waals surface area contributed by atoms with Crippen molar-refractivity contribution in [1.29, 1.82) is 0 Å². The van der Waals surface area contributed by atoms with Gasteiger partial charge < -0.3 is 9.80 Å². The highest BCUT2D eigenvalue weighted by Crippen LogP contribution is 2.54. The number of hydrogen-bond acceptors (Lipinski definition) is 2. The minimum atomic E-state index is -0.353. The molecule has 0 radical (unpaired) electrons. The second kappa shape index (κ2) is 8.10. The molecular formula is C26H29FN2O2. The van der Waals surface area contributed by atoms with Gasteiger partial charge in [-0.1, -0.05) is 43.2 Å². The molecule has 0 bridgehead atoms. The van der Waals surface area contributed by atoms with Gasteiger partial charge in [-0.05, 0) is 55.5 Å². The molecule has 0 spiro atoms. The van der Waals surface area contributed by atoms with Crippen molar-refractivity contribution >= 4 is 11.8 Å². The monoisotopic (exact) mass is 420 g/mol. The number of likely N-dealkylation sites (tertiary alicyclic amines) is 2. The first kappa shape index (κ1) is 20.2. The highest BCUT2D eigenvalue weighted by Gasteiger charge is 2.57. The molecule has 162 valence electrons. The maximum Gasteiger partial charge on any atom is 0.253 e. The maximum absolute atomic E-state index is 13.7. The lowest BCUT2D eigenvalue weighted by Gasteiger charge is -2.62. The Bertz CT molecular complexity index is 961. The Labute approximate surface area is 183 Å². The van der Waals surface area contributed by atoms with E-state index in [0.717, 1.165) is 32.2 Å². The zero-order valence-electron chi connectivity index (χ0n) is 17.8. The van der Waals surface area contributed by atoms with Crippen LogP contribution in [-0.2, 0) is 10.3 Å². The van der Waals surface area contributed by atoms with E-state index in [1.165, 1.54) is 42.7 Å². The third-order valence-electron chi connectivity index (χ3n) is 7.61. The zero-order valence-corrected chi connectivity index (χ0v) is 17.8. The van der Waals surface area contributed by atoms with Crippen LogP contribution < -0.4 is 0 Å². The van der Waals surface area contributed by atoms with Crippen molar-refractivity contribution in [2.75, 3.05) is 19.6 Å². The van der Waals surface area contributed by atoms with E-state index < -0.39 is 0 Å². The van der Waals surface area contributed by atoms with Crippen molar-refractivity contribution in [3.8, 4) is 0 Å². The Morgan fingerprint density at radius 1 is 0.903 bits per heavy atom. The number of carbonyl (C=O) groups excluding carboxylic acids is 2. The van der Waals surface area contributed by atoms with Crippen LogP contribution in [0.1, 0.15) is 54.4 Å². The summed E-state index contributed by atoms with van der Waals surface area (Å²) in [6, 6.07) is 16.2. The first-order valence-electron chi connectivity index (χ1n) is 11.5. The molecule has 2 aromatic rings. The van der Waals surface area contributed by atoms with Gasteiger partial charge in [-0.15, -0.1) is 0 Å². The standard InChI is InChI=1S/C26H29FN2O2/c27-23-13-11-19(12-14-23)24(30)28-16-6-7-20(17-28)25(31)29-18-22-10-4-5-15-26(22,29)21-8-2-1-3-9-21/h1-3,8-9,11-14,20,22H,4-7,10,15-18H2/t20-,22+,26-/m0/s1. The molecule has 5 heteroatoms. The maximum atomic E-state index is 13.7. The highest BCUT2D eigenvalue weighted by molar-refractivity contribution is 5.94. The summed E-state index contributed by atoms with van der Waals surface area (Å²) in [6.45, 7) is 1.92. The normalized spacial score (nSPS) is 27.9. The van der Waals surface area contributed by atoms with Crippen molar-refractivity contribution < 1.29 is 14.0 Å². The fraction of sp³-hybridized carbons (Fsp3) is 0.462. The van der Waals surface area contributed by atoms with Crippen LogP contribution >= 0.6 is 0 Å². The molecule has 3 aliphatic rings. The fourth-order valence-electron chi connectivity index (χ4n) is 6.00. The van der Waals surface area contributed by atoms with E-state index in [1.807, 2.05) is 6.07 Å². The molecule has 5 rings (SSSR count). The van der Waals surface area contributed by atoms with E-state index in [2.05, 4.69) is 29.2 Å². The molecule has 2 amide bonds. The Balaban J connectivity index is 1.35. The van der Waals surface area contributed by atoms with E-state index in [4.69, 9.17) is 0 Å². The van der Waals surface area contributed by atoms with Crippen LogP contribution in [0.5, 0.6) is 0 Å². The first-order valence-corrected chi connectivity index (χ1v) is 11.5. The Hall–Kier alpha value is -2.69. The third kappa shape index (κ3) is 3.44. The van der Waals surface area contributed by atoms with Crippen molar-refractivity contribution in [3.63, 3.8) is 0 Å². The topological polar surface area (TPSA) is 40.6 Å². The summed E-state index contributed by atoms with van der Waals surface area (Å²) >= 11 is 0. The van der Waals surface area contributed by atoms with E-state index in [0.29, 0.717) is 24.6 Å². The molecule has 2 saturated heterocycles. The van der Waals surface area contributed by atoms with Gasteiger partial charge in [0.15, 0.2) is 0 Å².